The number of urea groups is 1. The van der Waals surface area contributed by atoms with Gasteiger partial charge in [0, 0.05) is 32.0 Å². The first kappa shape index (κ1) is 18.8. The maximum atomic E-state index is 12.4. The highest BCUT2D eigenvalue weighted by Gasteiger charge is 2.29. The van der Waals surface area contributed by atoms with Crippen LogP contribution in [0.4, 0.5) is 4.79 Å². The van der Waals surface area contributed by atoms with Crippen molar-refractivity contribution in [3.05, 3.63) is 29.3 Å². The predicted octanol–water partition coefficient (Wildman–Crippen LogP) is 3.54. The molecule has 142 valence electrons. The fraction of sp³-hybridized carbons (Fsp3) is 0.579. The summed E-state index contributed by atoms with van der Waals surface area (Å²) in [6.45, 7) is 1.29. The minimum absolute atomic E-state index is 0.0556. The Hall–Kier alpha value is -1.95. The second-order valence-corrected chi connectivity index (χ2v) is 7.48. The summed E-state index contributed by atoms with van der Waals surface area (Å²) in [5.41, 5.74) is 0. The summed E-state index contributed by atoms with van der Waals surface area (Å²) in [6.07, 6.45) is 4.32. The number of hydrogen-bond acceptors (Lipinski definition) is 3. The van der Waals surface area contributed by atoms with Crippen LogP contribution in [0.5, 0.6) is 5.75 Å². The van der Waals surface area contributed by atoms with Crippen molar-refractivity contribution in [3.63, 3.8) is 0 Å². The van der Waals surface area contributed by atoms with E-state index < -0.39 is 5.97 Å². The second kappa shape index (κ2) is 8.62. The van der Waals surface area contributed by atoms with Crippen LogP contribution in [0, 0.1) is 5.92 Å². The molecule has 1 aliphatic carbocycles. The number of aliphatic carboxylic acids is 1. The van der Waals surface area contributed by atoms with Crippen molar-refractivity contribution in [1.82, 2.24) is 10.2 Å². The van der Waals surface area contributed by atoms with E-state index in [1.807, 2.05) is 23.1 Å². The molecular weight excluding hydrogens is 356 g/mol. The van der Waals surface area contributed by atoms with Crippen LogP contribution in [0.3, 0.4) is 0 Å². The lowest BCUT2D eigenvalue weighted by molar-refractivity contribution is -0.142. The largest absolute Gasteiger partial charge is 0.489 e. The van der Waals surface area contributed by atoms with E-state index in [1.54, 1.807) is 6.07 Å². The van der Waals surface area contributed by atoms with E-state index >= 15 is 0 Å². The number of ether oxygens (including phenoxy) is 1. The van der Waals surface area contributed by atoms with Gasteiger partial charge < -0.3 is 20.1 Å². The van der Waals surface area contributed by atoms with Gasteiger partial charge in [0.05, 0.1) is 10.9 Å². The SMILES string of the molecule is O=C(O)C1CCC(NC(=O)N2CCC(Oc3ccccc3Cl)CC2)CC1. The van der Waals surface area contributed by atoms with Crippen LogP contribution < -0.4 is 10.1 Å². The van der Waals surface area contributed by atoms with Gasteiger partial charge in [-0.15, -0.1) is 0 Å². The van der Waals surface area contributed by atoms with Gasteiger partial charge in [0.2, 0.25) is 0 Å². The number of benzene rings is 1. The molecular formula is C19H25ClN2O4. The number of carboxylic acid groups (broad SMARTS) is 1. The average molecular weight is 381 g/mol. The van der Waals surface area contributed by atoms with Crippen LogP contribution in [0.2, 0.25) is 5.02 Å². The summed E-state index contributed by atoms with van der Waals surface area (Å²) in [6, 6.07) is 7.44. The maximum Gasteiger partial charge on any atom is 0.317 e. The summed E-state index contributed by atoms with van der Waals surface area (Å²) >= 11 is 6.12. The normalized spacial score (nSPS) is 24.1. The molecule has 1 heterocycles. The number of carbonyl (C=O) groups is 2. The molecule has 1 aromatic rings. The summed E-state index contributed by atoms with van der Waals surface area (Å²) in [4.78, 5) is 25.3. The standard InChI is InChI=1S/C19H25ClN2O4/c20-16-3-1-2-4-17(16)26-15-9-11-22(12-10-15)19(25)21-14-7-5-13(6-8-14)18(23)24/h1-4,13-15H,5-12H2,(H,21,25)(H,23,24). The highest BCUT2D eigenvalue weighted by molar-refractivity contribution is 6.32. The third-order valence-corrected chi connectivity index (χ3v) is 5.58. The Kier molecular flexibility index (Phi) is 6.25. The van der Waals surface area contributed by atoms with E-state index in [-0.39, 0.29) is 24.1 Å². The van der Waals surface area contributed by atoms with Crippen molar-refractivity contribution in [2.45, 2.75) is 50.7 Å². The summed E-state index contributed by atoms with van der Waals surface area (Å²) < 4.78 is 5.95. The molecule has 2 amide bonds. The Balaban J connectivity index is 1.41. The van der Waals surface area contributed by atoms with E-state index in [0.717, 1.165) is 25.7 Å². The number of halogens is 1. The topological polar surface area (TPSA) is 78.9 Å². The molecule has 1 aliphatic heterocycles. The fourth-order valence-corrected chi connectivity index (χ4v) is 3.83. The maximum absolute atomic E-state index is 12.4. The lowest BCUT2D eigenvalue weighted by Gasteiger charge is -2.34. The van der Waals surface area contributed by atoms with Crippen LogP contribution in [-0.2, 0) is 4.79 Å². The molecule has 0 aromatic heterocycles. The van der Waals surface area contributed by atoms with Crippen LogP contribution in [0.1, 0.15) is 38.5 Å². The smallest absolute Gasteiger partial charge is 0.317 e. The van der Waals surface area contributed by atoms with E-state index in [9.17, 15) is 9.59 Å². The first-order valence-electron chi connectivity index (χ1n) is 9.22. The molecule has 7 heteroatoms. The van der Waals surface area contributed by atoms with E-state index in [2.05, 4.69) is 5.32 Å². The molecule has 1 saturated carbocycles. The third-order valence-electron chi connectivity index (χ3n) is 5.26. The molecule has 0 bridgehead atoms. The molecule has 2 aliphatic rings. The number of carboxylic acids is 1. The second-order valence-electron chi connectivity index (χ2n) is 7.07. The summed E-state index contributed by atoms with van der Waals surface area (Å²) in [7, 11) is 0. The van der Waals surface area contributed by atoms with Gasteiger partial charge in [-0.1, -0.05) is 23.7 Å². The van der Waals surface area contributed by atoms with Gasteiger partial charge in [-0.2, -0.15) is 0 Å². The van der Waals surface area contributed by atoms with E-state index in [1.165, 1.54) is 0 Å². The number of rotatable bonds is 4. The van der Waals surface area contributed by atoms with Crippen molar-refractivity contribution in [1.29, 1.82) is 0 Å². The van der Waals surface area contributed by atoms with Crippen molar-refractivity contribution >= 4 is 23.6 Å². The van der Waals surface area contributed by atoms with Gasteiger partial charge >= 0.3 is 12.0 Å². The molecule has 1 saturated heterocycles. The molecule has 0 spiro atoms. The molecule has 2 fully saturated rings. The highest BCUT2D eigenvalue weighted by Crippen LogP contribution is 2.27. The number of nitrogens with zero attached hydrogens (tertiary/aromatic N) is 1. The zero-order chi connectivity index (χ0) is 18.5. The number of likely N-dealkylation sites (tertiary alicyclic amines) is 1. The van der Waals surface area contributed by atoms with Gasteiger partial charge in [0.15, 0.2) is 0 Å². The molecule has 26 heavy (non-hydrogen) atoms. The van der Waals surface area contributed by atoms with Gasteiger partial charge in [-0.3, -0.25) is 4.79 Å². The number of carbonyl (C=O) groups excluding carboxylic acids is 1. The van der Waals surface area contributed by atoms with Gasteiger partial charge in [0.1, 0.15) is 11.9 Å². The Bertz CT molecular complexity index is 638. The number of piperidine rings is 1. The minimum Gasteiger partial charge on any atom is -0.489 e. The number of hydrogen-bond donors (Lipinski definition) is 2. The van der Waals surface area contributed by atoms with Crippen molar-refractivity contribution in [2.24, 2.45) is 5.92 Å². The minimum atomic E-state index is -0.727. The molecule has 1 aromatic carbocycles. The summed E-state index contributed by atoms with van der Waals surface area (Å²) in [5.74, 6) is -0.302. The van der Waals surface area contributed by atoms with Gasteiger partial charge in [-0.05, 0) is 37.8 Å². The van der Waals surface area contributed by atoms with Gasteiger partial charge in [-0.25, -0.2) is 4.79 Å². The van der Waals surface area contributed by atoms with Crippen LogP contribution in [0.25, 0.3) is 0 Å². The van der Waals surface area contributed by atoms with Crippen molar-refractivity contribution in [3.8, 4) is 5.75 Å². The first-order chi connectivity index (χ1) is 12.5. The fourth-order valence-electron chi connectivity index (χ4n) is 3.65. The quantitative estimate of drug-likeness (QED) is 0.837. The third kappa shape index (κ3) is 4.81. The molecule has 0 unspecified atom stereocenters. The highest BCUT2D eigenvalue weighted by atomic mass is 35.5. The number of para-hydroxylation sites is 1. The molecule has 2 N–H and O–H groups in total. The van der Waals surface area contributed by atoms with Crippen LogP contribution >= 0.6 is 11.6 Å². The van der Waals surface area contributed by atoms with Crippen molar-refractivity contribution in [2.75, 3.05) is 13.1 Å². The Morgan fingerprint density at radius 1 is 1.08 bits per heavy atom. The van der Waals surface area contributed by atoms with Crippen molar-refractivity contribution < 1.29 is 19.4 Å². The molecule has 6 nitrogen and oxygen atoms in total. The average Bonchev–Trinajstić information content (AvgIpc) is 2.64. The Morgan fingerprint density at radius 3 is 2.35 bits per heavy atom. The number of nitrogens with one attached hydrogen (secondary N) is 1. The summed E-state index contributed by atoms with van der Waals surface area (Å²) in [5, 5.41) is 12.7. The monoisotopic (exact) mass is 380 g/mol. The number of amides is 2. The van der Waals surface area contributed by atoms with Crippen LogP contribution in [-0.4, -0.2) is 47.2 Å². The molecule has 0 radical (unpaired) electrons. The molecule has 3 rings (SSSR count). The predicted molar refractivity (Wildman–Crippen MR) is 98.6 cm³/mol. The first-order valence-corrected chi connectivity index (χ1v) is 9.60. The lowest BCUT2D eigenvalue weighted by Crippen LogP contribution is -2.50. The molecule has 0 atom stereocenters. The van der Waals surface area contributed by atoms with Gasteiger partial charge in [0.25, 0.3) is 0 Å². The lowest BCUT2D eigenvalue weighted by atomic mass is 9.86. The van der Waals surface area contributed by atoms with E-state index in [0.29, 0.717) is 36.7 Å². The van der Waals surface area contributed by atoms with Crippen LogP contribution in [0.15, 0.2) is 24.3 Å². The van der Waals surface area contributed by atoms with E-state index in [4.69, 9.17) is 21.4 Å². The zero-order valence-corrected chi connectivity index (χ0v) is 15.5. The Labute approximate surface area is 158 Å². The Morgan fingerprint density at radius 2 is 1.73 bits per heavy atom. The zero-order valence-electron chi connectivity index (χ0n) is 14.7.